The van der Waals surface area contributed by atoms with Gasteiger partial charge in [0.1, 0.15) is 0 Å². The van der Waals surface area contributed by atoms with Crippen molar-refractivity contribution in [2.45, 2.75) is 48.0 Å². The Morgan fingerprint density at radius 2 is 1.24 bits per heavy atom. The number of halogens is 2. The molecule has 0 unspecified atom stereocenters. The zero-order valence-corrected chi connectivity index (χ0v) is 15.4. The minimum absolute atomic E-state index is 0.848. The maximum absolute atomic E-state index is 5.90. The summed E-state index contributed by atoms with van der Waals surface area (Å²) in [6.07, 6.45) is 1.01. The van der Waals surface area contributed by atoms with Crippen molar-refractivity contribution in [1.82, 2.24) is 0 Å². The Balaban J connectivity index is 0.000000342. The quantitative estimate of drug-likeness (QED) is 0.520. The number of hydrogen-bond donors (Lipinski definition) is 0. The van der Waals surface area contributed by atoms with Crippen LogP contribution in [0.25, 0.3) is 0 Å². The third-order valence-corrected chi connectivity index (χ3v) is 3.69. The molecule has 0 spiro atoms. The molecule has 0 amide bonds. The molecule has 0 heterocycles. The van der Waals surface area contributed by atoms with Crippen LogP contribution in [0.1, 0.15) is 43.0 Å². The van der Waals surface area contributed by atoms with Gasteiger partial charge in [0.15, 0.2) is 0 Å². The highest BCUT2D eigenvalue weighted by molar-refractivity contribution is 6.31. The summed E-state index contributed by atoms with van der Waals surface area (Å²) in [6.45, 7) is 12.3. The molecule has 0 saturated carbocycles. The third kappa shape index (κ3) is 7.55. The average Bonchev–Trinajstić information content (AvgIpc) is 2.48. The van der Waals surface area contributed by atoms with E-state index < -0.39 is 0 Å². The molecule has 2 aromatic rings. The number of rotatable bonds is 1. The number of hydrogen-bond acceptors (Lipinski definition) is 0. The maximum atomic E-state index is 5.90. The van der Waals surface area contributed by atoms with Crippen molar-refractivity contribution in [2.75, 3.05) is 0 Å². The molecule has 0 N–H and O–H groups in total. The van der Waals surface area contributed by atoms with Crippen LogP contribution in [-0.4, -0.2) is 0 Å². The third-order valence-electron chi connectivity index (χ3n) is 2.90. The van der Waals surface area contributed by atoms with E-state index in [1.165, 1.54) is 16.7 Å². The smallest absolute Gasteiger partial charge is 0.0438 e. The second-order valence-electron chi connectivity index (χ2n) is 4.70. The van der Waals surface area contributed by atoms with Crippen molar-refractivity contribution >= 4 is 23.2 Å². The lowest BCUT2D eigenvalue weighted by Crippen LogP contribution is -1.82. The molecule has 0 saturated heterocycles. The minimum Gasteiger partial charge on any atom is -0.0841 e. The van der Waals surface area contributed by atoms with Crippen LogP contribution >= 0.6 is 23.2 Å². The van der Waals surface area contributed by atoms with E-state index in [0.29, 0.717) is 0 Å². The molecule has 2 aromatic carbocycles. The highest BCUT2D eigenvalue weighted by Gasteiger charge is 1.95. The molecule has 0 nitrogen and oxygen atoms in total. The van der Waals surface area contributed by atoms with Gasteiger partial charge >= 0.3 is 0 Å². The predicted molar refractivity (Wildman–Crippen MR) is 97.8 cm³/mol. The van der Waals surface area contributed by atoms with Gasteiger partial charge in [-0.1, -0.05) is 79.4 Å². The van der Waals surface area contributed by atoms with E-state index in [0.717, 1.165) is 22.0 Å². The zero-order valence-electron chi connectivity index (χ0n) is 13.9. The first kappa shape index (κ1) is 20.0. The second kappa shape index (κ2) is 10.7. The van der Waals surface area contributed by atoms with Crippen LogP contribution in [0.15, 0.2) is 36.4 Å². The van der Waals surface area contributed by atoms with Crippen LogP contribution in [0.5, 0.6) is 0 Å². The number of benzene rings is 2. The monoisotopic (exact) mass is 324 g/mol. The van der Waals surface area contributed by atoms with E-state index in [-0.39, 0.29) is 0 Å². The molecule has 116 valence electrons. The van der Waals surface area contributed by atoms with Gasteiger partial charge in [0, 0.05) is 10.0 Å². The lowest BCUT2D eigenvalue weighted by molar-refractivity contribution is 1.13. The van der Waals surface area contributed by atoms with Crippen molar-refractivity contribution in [3.05, 3.63) is 68.7 Å². The summed E-state index contributed by atoms with van der Waals surface area (Å²) in [5.41, 5.74) is 4.93. The summed E-state index contributed by atoms with van der Waals surface area (Å²) in [7, 11) is 0. The van der Waals surface area contributed by atoms with Crippen LogP contribution in [0, 0.1) is 20.8 Å². The molecule has 21 heavy (non-hydrogen) atoms. The highest BCUT2D eigenvalue weighted by Crippen LogP contribution is 2.17. The van der Waals surface area contributed by atoms with Crippen LogP contribution in [-0.2, 0) is 6.42 Å². The van der Waals surface area contributed by atoms with E-state index in [2.05, 4.69) is 32.9 Å². The van der Waals surface area contributed by atoms with Gasteiger partial charge in [0.2, 0.25) is 0 Å². The summed E-state index contributed by atoms with van der Waals surface area (Å²) in [6, 6.07) is 12.1. The van der Waals surface area contributed by atoms with Crippen molar-refractivity contribution < 1.29 is 0 Å². The van der Waals surface area contributed by atoms with Gasteiger partial charge in [-0.25, -0.2) is 0 Å². The average molecular weight is 325 g/mol. The molecule has 0 aromatic heterocycles. The Morgan fingerprint density at radius 1 is 0.762 bits per heavy atom. The lowest BCUT2D eigenvalue weighted by Gasteiger charge is -2.00. The molecule has 0 aliphatic carbocycles. The first-order valence-electron chi connectivity index (χ1n) is 7.41. The van der Waals surface area contributed by atoms with Gasteiger partial charge in [0.05, 0.1) is 0 Å². The summed E-state index contributed by atoms with van der Waals surface area (Å²) in [5.74, 6) is 0. The Bertz CT molecular complexity index is 545. The summed E-state index contributed by atoms with van der Waals surface area (Å²) in [5, 5.41) is 1.73. The second-order valence-corrected chi connectivity index (χ2v) is 5.52. The fourth-order valence-electron chi connectivity index (χ4n) is 1.77. The molecule has 0 fully saturated rings. The van der Waals surface area contributed by atoms with Gasteiger partial charge in [-0.2, -0.15) is 0 Å². The Morgan fingerprint density at radius 3 is 1.62 bits per heavy atom. The van der Waals surface area contributed by atoms with E-state index in [4.69, 9.17) is 23.2 Å². The lowest BCUT2D eigenvalue weighted by atomic mass is 10.1. The van der Waals surface area contributed by atoms with E-state index in [9.17, 15) is 0 Å². The minimum atomic E-state index is 0.848. The van der Waals surface area contributed by atoms with E-state index >= 15 is 0 Å². The van der Waals surface area contributed by atoms with Crippen LogP contribution in [0.2, 0.25) is 10.0 Å². The molecule has 0 aliphatic heterocycles. The first-order chi connectivity index (χ1) is 9.93. The van der Waals surface area contributed by atoms with Crippen molar-refractivity contribution in [1.29, 1.82) is 0 Å². The number of aryl methyl sites for hydroxylation is 4. The highest BCUT2D eigenvalue weighted by atomic mass is 35.5. The molecule has 2 rings (SSSR count). The van der Waals surface area contributed by atoms with Gasteiger partial charge in [0.25, 0.3) is 0 Å². The van der Waals surface area contributed by atoms with Crippen LogP contribution in [0.3, 0.4) is 0 Å². The molecule has 0 atom stereocenters. The largest absolute Gasteiger partial charge is 0.0841 e. The Kier molecular flexibility index (Phi) is 10.2. The van der Waals surface area contributed by atoms with Gasteiger partial charge in [-0.3, -0.25) is 0 Å². The summed E-state index contributed by atoms with van der Waals surface area (Å²) < 4.78 is 0. The molecule has 0 bridgehead atoms. The first-order valence-corrected chi connectivity index (χ1v) is 8.17. The van der Waals surface area contributed by atoms with Crippen molar-refractivity contribution in [3.8, 4) is 0 Å². The van der Waals surface area contributed by atoms with E-state index in [1.54, 1.807) is 0 Å². The van der Waals surface area contributed by atoms with Crippen molar-refractivity contribution in [2.24, 2.45) is 0 Å². The molecular weight excluding hydrogens is 299 g/mol. The van der Waals surface area contributed by atoms with Gasteiger partial charge in [-0.15, -0.1) is 0 Å². The molecular formula is C19H26Cl2. The normalized spacial score (nSPS) is 9.14. The van der Waals surface area contributed by atoms with Gasteiger partial charge < -0.3 is 0 Å². The fraction of sp³-hybridized carbons (Fsp3) is 0.368. The van der Waals surface area contributed by atoms with E-state index in [1.807, 2.05) is 45.0 Å². The molecule has 0 radical (unpaired) electrons. The van der Waals surface area contributed by atoms with Crippen LogP contribution < -0.4 is 0 Å². The summed E-state index contributed by atoms with van der Waals surface area (Å²) in [4.78, 5) is 0. The predicted octanol–water partition coefficient (Wildman–Crippen LogP) is 7.19. The van der Waals surface area contributed by atoms with Crippen LogP contribution in [0.4, 0.5) is 0 Å². The topological polar surface area (TPSA) is 0 Å². The zero-order chi connectivity index (χ0) is 16.4. The Hall–Kier alpha value is -0.980. The van der Waals surface area contributed by atoms with Crippen molar-refractivity contribution in [3.63, 3.8) is 0 Å². The molecule has 2 heteroatoms. The Labute approximate surface area is 140 Å². The standard InChI is InChI=1S/C9H11Cl.C8H9Cl.C2H6/c1-3-8-6-7(2)4-5-9(8)10;1-6-3-4-8(9)7(2)5-6;1-2/h4-6H,3H2,1-2H3;3-5H,1-2H3;1-2H3. The maximum Gasteiger partial charge on any atom is 0.0438 e. The SMILES string of the molecule is CC.CCc1cc(C)ccc1Cl.Cc1ccc(Cl)c(C)c1. The summed E-state index contributed by atoms with van der Waals surface area (Å²) >= 11 is 11.7. The molecule has 0 aliphatic rings. The van der Waals surface area contributed by atoms with Gasteiger partial charge in [-0.05, 0) is 50.5 Å². The fourth-order valence-corrected chi connectivity index (χ4v) is 2.14.